The maximum absolute atomic E-state index is 12.7. The molecule has 2 N–H and O–H groups in total. The molecule has 2 rings (SSSR count). The fourth-order valence-electron chi connectivity index (χ4n) is 2.18. The van der Waals surface area contributed by atoms with Crippen LogP contribution in [-0.2, 0) is 4.79 Å². The van der Waals surface area contributed by atoms with Crippen molar-refractivity contribution in [3.63, 3.8) is 0 Å². The summed E-state index contributed by atoms with van der Waals surface area (Å²) >= 11 is 0. The molecule has 1 aliphatic rings. The van der Waals surface area contributed by atoms with Crippen LogP contribution in [0.5, 0.6) is 0 Å². The highest BCUT2D eigenvalue weighted by Crippen LogP contribution is 2.32. The molecule has 1 aliphatic heterocycles. The molecule has 2 heterocycles. The molecule has 0 spiro atoms. The number of alkyl halides is 3. The quantitative estimate of drug-likeness (QED) is 0.800. The fraction of sp³-hybridized carbons (Fsp3) is 0.538. The summed E-state index contributed by atoms with van der Waals surface area (Å²) in [5.74, 6) is -2.27. The first-order chi connectivity index (χ1) is 11.0. The summed E-state index contributed by atoms with van der Waals surface area (Å²) in [6, 6.07) is 2.69. The molecule has 1 saturated heterocycles. The second kappa shape index (κ2) is 6.23. The number of amides is 1. The van der Waals surface area contributed by atoms with Gasteiger partial charge >= 0.3 is 12.1 Å². The van der Waals surface area contributed by atoms with Crippen LogP contribution in [0.25, 0.3) is 0 Å². The lowest BCUT2D eigenvalue weighted by Crippen LogP contribution is -2.60. The SMILES string of the molecule is CC(O)(C(=O)N1CCN(c2ccc(C(=O)O)nn2)CC1)C(F)(F)F. The molecule has 1 atom stereocenters. The van der Waals surface area contributed by atoms with E-state index in [9.17, 15) is 27.9 Å². The Kier molecular flexibility index (Phi) is 4.65. The van der Waals surface area contributed by atoms with Crippen LogP contribution in [0, 0.1) is 0 Å². The minimum atomic E-state index is -5.06. The first-order valence-electron chi connectivity index (χ1n) is 6.94. The number of nitrogens with zero attached hydrogens (tertiary/aromatic N) is 4. The number of hydrogen-bond donors (Lipinski definition) is 2. The smallest absolute Gasteiger partial charge is 0.426 e. The Labute approximate surface area is 134 Å². The molecular formula is C13H15F3N4O4. The van der Waals surface area contributed by atoms with E-state index in [1.165, 1.54) is 12.1 Å². The molecule has 1 amide bonds. The fourth-order valence-corrected chi connectivity index (χ4v) is 2.18. The number of aliphatic hydroxyl groups is 1. The van der Waals surface area contributed by atoms with Gasteiger partial charge in [0.1, 0.15) is 0 Å². The van der Waals surface area contributed by atoms with E-state index in [0.29, 0.717) is 12.7 Å². The van der Waals surface area contributed by atoms with E-state index in [2.05, 4.69) is 10.2 Å². The molecule has 0 saturated carbocycles. The number of piperazine rings is 1. The van der Waals surface area contributed by atoms with Crippen molar-refractivity contribution in [3.8, 4) is 0 Å². The van der Waals surface area contributed by atoms with E-state index < -0.39 is 23.7 Å². The lowest BCUT2D eigenvalue weighted by Gasteiger charge is -2.38. The van der Waals surface area contributed by atoms with Crippen LogP contribution in [0.15, 0.2) is 12.1 Å². The average Bonchev–Trinajstić information content (AvgIpc) is 2.53. The Morgan fingerprint density at radius 1 is 1.12 bits per heavy atom. The van der Waals surface area contributed by atoms with Crippen LogP contribution in [-0.4, -0.2) is 75.1 Å². The molecule has 1 aromatic heterocycles. The molecule has 0 radical (unpaired) electrons. The van der Waals surface area contributed by atoms with Crippen LogP contribution < -0.4 is 4.90 Å². The number of carboxylic acid groups (broad SMARTS) is 1. The largest absolute Gasteiger partial charge is 0.476 e. The number of hydrogen-bond acceptors (Lipinski definition) is 6. The van der Waals surface area contributed by atoms with Crippen molar-refractivity contribution in [1.82, 2.24) is 15.1 Å². The van der Waals surface area contributed by atoms with E-state index in [4.69, 9.17) is 5.11 Å². The van der Waals surface area contributed by atoms with Crippen molar-refractivity contribution in [2.45, 2.75) is 18.7 Å². The summed E-state index contributed by atoms with van der Waals surface area (Å²) < 4.78 is 38.1. The van der Waals surface area contributed by atoms with Gasteiger partial charge in [-0.1, -0.05) is 0 Å². The van der Waals surface area contributed by atoms with Gasteiger partial charge in [-0.05, 0) is 19.1 Å². The molecule has 1 aromatic rings. The van der Waals surface area contributed by atoms with E-state index >= 15 is 0 Å². The number of aromatic carboxylic acids is 1. The van der Waals surface area contributed by atoms with Crippen molar-refractivity contribution in [2.75, 3.05) is 31.1 Å². The van der Waals surface area contributed by atoms with Crippen molar-refractivity contribution in [3.05, 3.63) is 17.8 Å². The Balaban J connectivity index is 2.01. The molecule has 0 bridgehead atoms. The number of aromatic nitrogens is 2. The summed E-state index contributed by atoms with van der Waals surface area (Å²) in [6.07, 6.45) is -5.06. The zero-order valence-electron chi connectivity index (χ0n) is 12.6. The first kappa shape index (κ1) is 17.9. The van der Waals surface area contributed by atoms with Gasteiger partial charge in [0.05, 0.1) is 0 Å². The van der Waals surface area contributed by atoms with Crippen LogP contribution in [0.4, 0.5) is 19.0 Å². The second-order valence-electron chi connectivity index (χ2n) is 5.43. The Morgan fingerprint density at radius 2 is 1.71 bits per heavy atom. The minimum absolute atomic E-state index is 0.0343. The number of carbonyl (C=O) groups is 2. The third-order valence-electron chi connectivity index (χ3n) is 3.73. The Bertz CT molecular complexity index is 625. The minimum Gasteiger partial charge on any atom is -0.476 e. The first-order valence-corrected chi connectivity index (χ1v) is 6.94. The second-order valence-corrected chi connectivity index (χ2v) is 5.43. The summed E-state index contributed by atoms with van der Waals surface area (Å²) in [5, 5.41) is 25.4. The molecule has 8 nitrogen and oxygen atoms in total. The van der Waals surface area contributed by atoms with Gasteiger partial charge in [0.25, 0.3) is 5.91 Å². The Morgan fingerprint density at radius 3 is 2.12 bits per heavy atom. The zero-order chi connectivity index (χ0) is 18.1. The predicted molar refractivity (Wildman–Crippen MR) is 74.5 cm³/mol. The third kappa shape index (κ3) is 3.40. The lowest BCUT2D eigenvalue weighted by molar-refractivity contribution is -0.250. The van der Waals surface area contributed by atoms with Crippen molar-refractivity contribution in [1.29, 1.82) is 0 Å². The van der Waals surface area contributed by atoms with Gasteiger partial charge < -0.3 is 20.0 Å². The maximum atomic E-state index is 12.7. The predicted octanol–water partition coefficient (Wildman–Crippen LogP) is 0.137. The highest BCUT2D eigenvalue weighted by atomic mass is 19.4. The highest BCUT2D eigenvalue weighted by Gasteiger charge is 2.57. The average molecular weight is 348 g/mol. The molecule has 24 heavy (non-hydrogen) atoms. The summed E-state index contributed by atoms with van der Waals surface area (Å²) in [4.78, 5) is 25.2. The van der Waals surface area contributed by atoms with Crippen LogP contribution >= 0.6 is 0 Å². The molecular weight excluding hydrogens is 333 g/mol. The van der Waals surface area contributed by atoms with Gasteiger partial charge in [0.15, 0.2) is 11.5 Å². The van der Waals surface area contributed by atoms with E-state index in [1.807, 2.05) is 0 Å². The molecule has 1 fully saturated rings. The maximum Gasteiger partial charge on any atom is 0.426 e. The van der Waals surface area contributed by atoms with Crippen LogP contribution in [0.2, 0.25) is 0 Å². The van der Waals surface area contributed by atoms with Gasteiger partial charge in [0.2, 0.25) is 5.60 Å². The van der Waals surface area contributed by atoms with Gasteiger partial charge in [0, 0.05) is 26.2 Å². The Hall–Kier alpha value is -2.43. The molecule has 132 valence electrons. The number of carbonyl (C=O) groups excluding carboxylic acids is 1. The van der Waals surface area contributed by atoms with Gasteiger partial charge in [-0.25, -0.2) is 4.79 Å². The van der Waals surface area contributed by atoms with Crippen LogP contribution in [0.3, 0.4) is 0 Å². The van der Waals surface area contributed by atoms with E-state index in [1.54, 1.807) is 4.90 Å². The van der Waals surface area contributed by atoms with Gasteiger partial charge in [-0.15, -0.1) is 10.2 Å². The monoisotopic (exact) mass is 348 g/mol. The summed E-state index contributed by atoms with van der Waals surface area (Å²) in [5.41, 5.74) is -3.66. The molecule has 0 aliphatic carbocycles. The highest BCUT2D eigenvalue weighted by molar-refractivity contribution is 5.86. The van der Waals surface area contributed by atoms with E-state index in [0.717, 1.165) is 4.90 Å². The van der Waals surface area contributed by atoms with Crippen molar-refractivity contribution >= 4 is 17.7 Å². The standard InChI is InChI=1S/C13H15F3N4O4/c1-12(24,13(14,15)16)11(23)20-6-4-19(5-7-20)9-3-2-8(10(21)22)17-18-9/h2-3,24H,4-7H2,1H3,(H,21,22). The summed E-state index contributed by atoms with van der Waals surface area (Å²) in [7, 11) is 0. The van der Waals surface area contributed by atoms with Gasteiger partial charge in [-0.3, -0.25) is 4.79 Å². The third-order valence-corrected chi connectivity index (χ3v) is 3.73. The lowest BCUT2D eigenvalue weighted by atomic mass is 10.0. The summed E-state index contributed by atoms with van der Waals surface area (Å²) in [6.45, 7) is 0.722. The number of anilines is 1. The molecule has 11 heteroatoms. The zero-order valence-corrected chi connectivity index (χ0v) is 12.6. The topological polar surface area (TPSA) is 107 Å². The van der Waals surface area contributed by atoms with Crippen molar-refractivity contribution < 1.29 is 33.0 Å². The van der Waals surface area contributed by atoms with Crippen LogP contribution in [0.1, 0.15) is 17.4 Å². The number of carboxylic acids is 1. The molecule has 0 aromatic carbocycles. The number of halogens is 3. The van der Waals surface area contributed by atoms with E-state index in [-0.39, 0.29) is 31.9 Å². The van der Waals surface area contributed by atoms with Gasteiger partial charge in [-0.2, -0.15) is 13.2 Å². The normalized spacial score (nSPS) is 18.2. The molecule has 1 unspecified atom stereocenters. The number of rotatable bonds is 3. The van der Waals surface area contributed by atoms with Crippen molar-refractivity contribution in [2.24, 2.45) is 0 Å².